The van der Waals surface area contributed by atoms with Crippen molar-refractivity contribution >= 4 is 28.8 Å². The Kier molecular flexibility index (Phi) is 4.57. The van der Waals surface area contributed by atoms with Crippen molar-refractivity contribution in [1.82, 2.24) is 0 Å². The molecule has 2 rings (SSSR count). The Morgan fingerprint density at radius 2 is 2.10 bits per heavy atom. The molecule has 0 unspecified atom stereocenters. The number of ether oxygens (including phenoxy) is 1. The number of nitrogens with two attached hydrogens (primary N) is 1. The van der Waals surface area contributed by atoms with Gasteiger partial charge in [0.25, 0.3) is 0 Å². The predicted molar refractivity (Wildman–Crippen MR) is 82.8 cm³/mol. The average molecular weight is 310 g/mol. The molecule has 0 spiro atoms. The Hall–Kier alpha value is -1.65. The summed E-state index contributed by atoms with van der Waals surface area (Å²) in [6.07, 6.45) is 0. The molecule has 0 atom stereocenters. The Morgan fingerprint density at radius 3 is 2.70 bits per heavy atom. The maximum absolute atomic E-state index is 13.6. The third-order valence-electron chi connectivity index (χ3n) is 2.92. The van der Waals surface area contributed by atoms with Crippen LogP contribution in [0, 0.1) is 12.7 Å². The van der Waals surface area contributed by atoms with E-state index in [1.807, 2.05) is 25.1 Å². The zero-order valence-corrected chi connectivity index (χ0v) is 12.4. The van der Waals surface area contributed by atoms with Gasteiger partial charge in [-0.1, -0.05) is 42.0 Å². The monoisotopic (exact) mass is 309 g/mol. The number of halogens is 2. The maximum atomic E-state index is 13.6. The van der Waals surface area contributed by atoms with Gasteiger partial charge in [0.05, 0.1) is 5.02 Å². The number of para-hydroxylation sites is 1. The van der Waals surface area contributed by atoms with Gasteiger partial charge < -0.3 is 10.5 Å². The first kappa shape index (κ1) is 14.8. The lowest BCUT2D eigenvalue weighted by Gasteiger charge is -2.11. The third-order valence-corrected chi connectivity index (χ3v) is 3.45. The minimum Gasteiger partial charge on any atom is -0.484 e. The SMILES string of the molecule is Cc1cc(C(N)=S)ccc1COc1c(F)cccc1Cl. The minimum absolute atomic E-state index is 0.0620. The first-order valence-electron chi connectivity index (χ1n) is 5.95. The van der Waals surface area contributed by atoms with E-state index in [1.54, 1.807) is 6.07 Å². The smallest absolute Gasteiger partial charge is 0.174 e. The lowest BCUT2D eigenvalue weighted by Crippen LogP contribution is -2.10. The van der Waals surface area contributed by atoms with Crippen molar-refractivity contribution in [2.24, 2.45) is 5.73 Å². The molecule has 0 aliphatic heterocycles. The highest BCUT2D eigenvalue weighted by molar-refractivity contribution is 7.80. The van der Waals surface area contributed by atoms with Crippen LogP contribution in [0.1, 0.15) is 16.7 Å². The molecule has 104 valence electrons. The van der Waals surface area contributed by atoms with Crippen LogP contribution in [-0.4, -0.2) is 4.99 Å². The molecule has 0 radical (unpaired) electrons. The van der Waals surface area contributed by atoms with Gasteiger partial charge in [-0.15, -0.1) is 0 Å². The summed E-state index contributed by atoms with van der Waals surface area (Å²) in [5.74, 6) is -0.415. The summed E-state index contributed by atoms with van der Waals surface area (Å²) in [4.78, 5) is 0.345. The lowest BCUT2D eigenvalue weighted by atomic mass is 10.1. The predicted octanol–water partition coefficient (Wildman–Crippen LogP) is 4.00. The van der Waals surface area contributed by atoms with Crippen molar-refractivity contribution in [3.63, 3.8) is 0 Å². The fourth-order valence-corrected chi connectivity index (χ4v) is 2.13. The van der Waals surface area contributed by atoms with Gasteiger partial charge >= 0.3 is 0 Å². The summed E-state index contributed by atoms with van der Waals surface area (Å²) in [6.45, 7) is 2.15. The molecule has 0 bridgehead atoms. The zero-order valence-electron chi connectivity index (χ0n) is 10.8. The van der Waals surface area contributed by atoms with Gasteiger partial charge in [0.15, 0.2) is 11.6 Å². The highest BCUT2D eigenvalue weighted by atomic mass is 35.5. The summed E-state index contributed by atoms with van der Waals surface area (Å²) in [5.41, 5.74) is 8.26. The third kappa shape index (κ3) is 3.26. The van der Waals surface area contributed by atoms with E-state index in [1.165, 1.54) is 12.1 Å². The van der Waals surface area contributed by atoms with Crippen LogP contribution in [0.25, 0.3) is 0 Å². The van der Waals surface area contributed by atoms with Gasteiger partial charge in [-0.3, -0.25) is 0 Å². The molecule has 20 heavy (non-hydrogen) atoms. The van der Waals surface area contributed by atoms with Crippen molar-refractivity contribution in [3.8, 4) is 5.75 Å². The van der Waals surface area contributed by atoms with E-state index in [4.69, 9.17) is 34.3 Å². The number of rotatable bonds is 4. The molecule has 0 aliphatic rings. The number of thiocarbonyl (C=S) groups is 1. The summed E-state index contributed by atoms with van der Waals surface area (Å²) >= 11 is 10.8. The van der Waals surface area contributed by atoms with Crippen LogP contribution in [0.2, 0.25) is 5.02 Å². The largest absolute Gasteiger partial charge is 0.484 e. The molecule has 2 aromatic rings. The summed E-state index contributed by atoms with van der Waals surface area (Å²) in [7, 11) is 0. The minimum atomic E-state index is -0.477. The standard InChI is InChI=1S/C15H13ClFNOS/c1-9-7-10(15(18)20)5-6-11(9)8-19-14-12(16)3-2-4-13(14)17/h2-7H,8H2,1H3,(H2,18,20). The molecule has 0 saturated heterocycles. The molecular formula is C15H13ClFNOS. The van der Waals surface area contributed by atoms with Crippen molar-refractivity contribution in [2.75, 3.05) is 0 Å². The van der Waals surface area contributed by atoms with Crippen LogP contribution >= 0.6 is 23.8 Å². The van der Waals surface area contributed by atoms with Gasteiger partial charge in [0.1, 0.15) is 11.6 Å². The maximum Gasteiger partial charge on any atom is 0.174 e. The molecule has 0 saturated carbocycles. The second kappa shape index (κ2) is 6.20. The second-order valence-corrected chi connectivity index (χ2v) is 5.19. The van der Waals surface area contributed by atoms with Crippen LogP contribution in [0.4, 0.5) is 4.39 Å². The molecule has 0 fully saturated rings. The normalized spacial score (nSPS) is 10.3. The van der Waals surface area contributed by atoms with Gasteiger partial charge in [-0.25, -0.2) is 4.39 Å². The van der Waals surface area contributed by atoms with Crippen LogP contribution in [0.5, 0.6) is 5.75 Å². The van der Waals surface area contributed by atoms with Crippen LogP contribution in [-0.2, 0) is 6.61 Å². The molecule has 0 aliphatic carbocycles. The lowest BCUT2D eigenvalue weighted by molar-refractivity contribution is 0.290. The number of aryl methyl sites for hydroxylation is 1. The molecule has 2 nitrogen and oxygen atoms in total. The summed E-state index contributed by atoms with van der Waals surface area (Å²) in [6, 6.07) is 9.99. The number of benzene rings is 2. The Labute approximate surface area is 127 Å². The van der Waals surface area contributed by atoms with Crippen molar-refractivity contribution in [1.29, 1.82) is 0 Å². The van der Waals surface area contributed by atoms with Crippen molar-refractivity contribution in [2.45, 2.75) is 13.5 Å². The molecule has 2 aromatic carbocycles. The van der Waals surface area contributed by atoms with E-state index in [0.717, 1.165) is 16.7 Å². The Bertz CT molecular complexity index is 640. The van der Waals surface area contributed by atoms with E-state index >= 15 is 0 Å². The fourth-order valence-electron chi connectivity index (χ4n) is 1.78. The van der Waals surface area contributed by atoms with Crippen LogP contribution in [0.3, 0.4) is 0 Å². The van der Waals surface area contributed by atoms with E-state index < -0.39 is 5.82 Å². The molecule has 0 aromatic heterocycles. The average Bonchev–Trinajstić information content (AvgIpc) is 2.39. The highest BCUT2D eigenvalue weighted by Gasteiger charge is 2.09. The van der Waals surface area contributed by atoms with Crippen molar-refractivity contribution in [3.05, 3.63) is 63.9 Å². The second-order valence-electron chi connectivity index (χ2n) is 4.34. The Balaban J connectivity index is 2.17. The molecular weight excluding hydrogens is 297 g/mol. The van der Waals surface area contributed by atoms with E-state index in [2.05, 4.69) is 0 Å². The van der Waals surface area contributed by atoms with Gasteiger partial charge in [-0.05, 0) is 36.2 Å². The fraction of sp³-hybridized carbons (Fsp3) is 0.133. The first-order chi connectivity index (χ1) is 9.49. The van der Waals surface area contributed by atoms with E-state index in [-0.39, 0.29) is 17.4 Å². The van der Waals surface area contributed by atoms with Gasteiger partial charge in [0, 0.05) is 5.56 Å². The molecule has 0 amide bonds. The molecule has 0 heterocycles. The Morgan fingerprint density at radius 1 is 1.35 bits per heavy atom. The van der Waals surface area contributed by atoms with E-state index in [0.29, 0.717) is 4.99 Å². The molecule has 5 heteroatoms. The number of hydrogen-bond acceptors (Lipinski definition) is 2. The van der Waals surface area contributed by atoms with Crippen LogP contribution in [0.15, 0.2) is 36.4 Å². The van der Waals surface area contributed by atoms with Gasteiger partial charge in [-0.2, -0.15) is 0 Å². The summed E-state index contributed by atoms with van der Waals surface area (Å²) < 4.78 is 19.0. The highest BCUT2D eigenvalue weighted by Crippen LogP contribution is 2.28. The van der Waals surface area contributed by atoms with Crippen molar-refractivity contribution < 1.29 is 9.13 Å². The summed E-state index contributed by atoms with van der Waals surface area (Å²) in [5, 5.41) is 0.252. The zero-order chi connectivity index (χ0) is 14.7. The van der Waals surface area contributed by atoms with E-state index in [9.17, 15) is 4.39 Å². The quantitative estimate of drug-likeness (QED) is 0.867. The topological polar surface area (TPSA) is 35.2 Å². The molecule has 2 N–H and O–H groups in total. The van der Waals surface area contributed by atoms with Crippen LogP contribution < -0.4 is 10.5 Å². The number of hydrogen-bond donors (Lipinski definition) is 1. The van der Waals surface area contributed by atoms with Gasteiger partial charge in [0.2, 0.25) is 0 Å². The first-order valence-corrected chi connectivity index (χ1v) is 6.74.